The van der Waals surface area contributed by atoms with Crippen molar-refractivity contribution < 1.29 is 0 Å². The van der Waals surface area contributed by atoms with Crippen LogP contribution in [0.25, 0.3) is 0 Å². The van der Waals surface area contributed by atoms with Crippen LogP contribution in [0.2, 0.25) is 0 Å². The maximum atomic E-state index is 6.17. The predicted molar refractivity (Wildman–Crippen MR) is 55.5 cm³/mol. The molecule has 2 N–H and O–H groups in total. The summed E-state index contributed by atoms with van der Waals surface area (Å²) >= 11 is 2.16. The molecule has 70 valence electrons. The van der Waals surface area contributed by atoms with Gasteiger partial charge in [0, 0.05) is 10.8 Å². The van der Waals surface area contributed by atoms with Crippen LogP contribution in [0.3, 0.4) is 0 Å². The number of nitrogens with two attached hydrogens (primary N) is 1. The average Bonchev–Trinajstić information content (AvgIpc) is 2.49. The van der Waals surface area contributed by atoms with Crippen LogP contribution in [0.5, 0.6) is 0 Å². The van der Waals surface area contributed by atoms with Crippen molar-refractivity contribution in [3.63, 3.8) is 0 Å². The summed E-state index contributed by atoms with van der Waals surface area (Å²) in [6.07, 6.45) is 9.47. The summed E-state index contributed by atoms with van der Waals surface area (Å²) in [7, 11) is 0. The Morgan fingerprint density at radius 2 is 2.17 bits per heavy atom. The van der Waals surface area contributed by atoms with E-state index >= 15 is 0 Å². The van der Waals surface area contributed by atoms with Crippen molar-refractivity contribution in [2.24, 2.45) is 5.73 Å². The Morgan fingerprint density at radius 1 is 1.33 bits per heavy atom. The van der Waals surface area contributed by atoms with Crippen molar-refractivity contribution in [2.75, 3.05) is 5.75 Å². The molecule has 2 rings (SSSR count). The van der Waals surface area contributed by atoms with Crippen LogP contribution in [0.4, 0.5) is 0 Å². The molecule has 1 atom stereocenters. The minimum atomic E-state index is 0.267. The van der Waals surface area contributed by atoms with Crippen molar-refractivity contribution in [3.05, 3.63) is 0 Å². The second kappa shape index (κ2) is 3.59. The molecule has 0 aromatic rings. The van der Waals surface area contributed by atoms with Crippen molar-refractivity contribution >= 4 is 11.8 Å². The van der Waals surface area contributed by atoms with Gasteiger partial charge in [0.2, 0.25) is 0 Å². The lowest BCUT2D eigenvalue weighted by Gasteiger charge is -2.38. The van der Waals surface area contributed by atoms with Crippen molar-refractivity contribution in [1.82, 2.24) is 0 Å². The third-order valence-electron chi connectivity index (χ3n) is 3.34. The summed E-state index contributed by atoms with van der Waals surface area (Å²) in [5, 5.41) is 0.950. The molecule has 1 saturated heterocycles. The highest BCUT2D eigenvalue weighted by molar-refractivity contribution is 8.00. The van der Waals surface area contributed by atoms with Crippen LogP contribution in [0, 0.1) is 0 Å². The summed E-state index contributed by atoms with van der Waals surface area (Å²) in [5.41, 5.74) is 6.44. The van der Waals surface area contributed by atoms with E-state index in [1.165, 1.54) is 50.7 Å². The Labute approximate surface area is 79.5 Å². The lowest BCUT2D eigenvalue weighted by Crippen LogP contribution is -2.46. The van der Waals surface area contributed by atoms with Gasteiger partial charge in [-0.05, 0) is 50.7 Å². The minimum absolute atomic E-state index is 0.267. The number of thioether (sulfide) groups is 1. The maximum absolute atomic E-state index is 6.17. The Balaban J connectivity index is 1.67. The molecule has 1 nitrogen and oxygen atoms in total. The van der Waals surface area contributed by atoms with Gasteiger partial charge in [-0.1, -0.05) is 0 Å². The van der Waals surface area contributed by atoms with Crippen LogP contribution in [0.15, 0.2) is 0 Å². The molecular weight excluding hydrogens is 166 g/mol. The average molecular weight is 185 g/mol. The van der Waals surface area contributed by atoms with Gasteiger partial charge >= 0.3 is 0 Å². The Morgan fingerprint density at radius 3 is 2.67 bits per heavy atom. The molecule has 0 radical (unpaired) electrons. The van der Waals surface area contributed by atoms with E-state index in [0.717, 1.165) is 5.25 Å². The van der Waals surface area contributed by atoms with Crippen molar-refractivity contribution in [3.8, 4) is 0 Å². The molecule has 0 bridgehead atoms. The summed E-state index contributed by atoms with van der Waals surface area (Å²) in [6.45, 7) is 0. The van der Waals surface area contributed by atoms with Gasteiger partial charge in [-0.2, -0.15) is 11.8 Å². The van der Waals surface area contributed by atoms with E-state index in [0.29, 0.717) is 0 Å². The molecule has 2 aliphatic rings. The highest BCUT2D eigenvalue weighted by atomic mass is 32.2. The van der Waals surface area contributed by atoms with Crippen molar-refractivity contribution in [1.29, 1.82) is 0 Å². The van der Waals surface area contributed by atoms with Gasteiger partial charge in [0.25, 0.3) is 0 Å². The first kappa shape index (κ1) is 8.89. The standard InChI is InChI=1S/C10H19NS/c11-10(5-2-6-10)7-4-9-3-1-8-12-9/h9H,1-8,11H2. The van der Waals surface area contributed by atoms with E-state index in [-0.39, 0.29) is 5.54 Å². The van der Waals surface area contributed by atoms with E-state index in [9.17, 15) is 0 Å². The van der Waals surface area contributed by atoms with Gasteiger partial charge in [0.15, 0.2) is 0 Å². The van der Waals surface area contributed by atoms with Crippen LogP contribution in [-0.4, -0.2) is 16.5 Å². The monoisotopic (exact) mass is 185 g/mol. The molecule has 2 fully saturated rings. The zero-order valence-corrected chi connectivity index (χ0v) is 8.54. The highest BCUT2D eigenvalue weighted by Crippen LogP contribution is 2.37. The molecule has 0 amide bonds. The smallest absolute Gasteiger partial charge is 0.0154 e. The van der Waals surface area contributed by atoms with E-state index in [4.69, 9.17) is 5.73 Å². The normalized spacial score (nSPS) is 33.2. The summed E-state index contributed by atoms with van der Waals surface area (Å²) in [5.74, 6) is 1.39. The van der Waals surface area contributed by atoms with Crippen LogP contribution in [0.1, 0.15) is 44.9 Å². The van der Waals surface area contributed by atoms with Gasteiger partial charge in [0.05, 0.1) is 0 Å². The fourth-order valence-electron chi connectivity index (χ4n) is 2.20. The maximum Gasteiger partial charge on any atom is 0.0154 e. The van der Waals surface area contributed by atoms with Crippen LogP contribution < -0.4 is 5.73 Å². The summed E-state index contributed by atoms with van der Waals surface area (Å²) < 4.78 is 0. The zero-order chi connectivity index (χ0) is 8.44. The SMILES string of the molecule is NC1(CCC2CCCS2)CCC1. The van der Waals surface area contributed by atoms with Crippen molar-refractivity contribution in [2.45, 2.75) is 55.7 Å². The second-order valence-electron chi connectivity index (χ2n) is 4.39. The molecule has 1 saturated carbocycles. The second-order valence-corrected chi connectivity index (χ2v) is 5.80. The van der Waals surface area contributed by atoms with Gasteiger partial charge in [-0.3, -0.25) is 0 Å². The largest absolute Gasteiger partial charge is 0.325 e. The van der Waals surface area contributed by atoms with E-state index < -0.39 is 0 Å². The van der Waals surface area contributed by atoms with E-state index in [1.807, 2.05) is 0 Å². The molecule has 0 aromatic heterocycles. The Kier molecular flexibility index (Phi) is 2.66. The predicted octanol–water partition coefficient (Wildman–Crippen LogP) is 2.54. The minimum Gasteiger partial charge on any atom is -0.325 e. The molecule has 0 spiro atoms. The fourth-order valence-corrected chi connectivity index (χ4v) is 3.49. The highest BCUT2D eigenvalue weighted by Gasteiger charge is 2.32. The quantitative estimate of drug-likeness (QED) is 0.731. The topological polar surface area (TPSA) is 26.0 Å². The number of hydrogen-bond acceptors (Lipinski definition) is 2. The van der Waals surface area contributed by atoms with Gasteiger partial charge in [-0.15, -0.1) is 0 Å². The first-order chi connectivity index (χ1) is 5.79. The molecule has 1 aliphatic heterocycles. The lowest BCUT2D eigenvalue weighted by atomic mass is 9.74. The van der Waals surface area contributed by atoms with E-state index in [1.54, 1.807) is 0 Å². The lowest BCUT2D eigenvalue weighted by molar-refractivity contribution is 0.226. The summed E-state index contributed by atoms with van der Waals surface area (Å²) in [6, 6.07) is 0. The van der Waals surface area contributed by atoms with Crippen LogP contribution >= 0.6 is 11.8 Å². The molecule has 1 heterocycles. The first-order valence-corrected chi connectivity index (χ1v) is 6.24. The van der Waals surface area contributed by atoms with E-state index in [2.05, 4.69) is 11.8 Å². The zero-order valence-electron chi connectivity index (χ0n) is 7.72. The number of hydrogen-bond donors (Lipinski definition) is 1. The summed E-state index contributed by atoms with van der Waals surface area (Å²) in [4.78, 5) is 0. The molecule has 1 aliphatic carbocycles. The Hall–Kier alpha value is 0.310. The first-order valence-electron chi connectivity index (χ1n) is 5.19. The Bertz CT molecular complexity index is 148. The third-order valence-corrected chi connectivity index (χ3v) is 4.80. The van der Waals surface area contributed by atoms with Crippen LogP contribution in [-0.2, 0) is 0 Å². The number of rotatable bonds is 3. The van der Waals surface area contributed by atoms with Gasteiger partial charge in [0.1, 0.15) is 0 Å². The molecule has 12 heavy (non-hydrogen) atoms. The van der Waals surface area contributed by atoms with Gasteiger partial charge in [-0.25, -0.2) is 0 Å². The molecule has 1 unspecified atom stereocenters. The third kappa shape index (κ3) is 1.97. The van der Waals surface area contributed by atoms with Gasteiger partial charge < -0.3 is 5.73 Å². The molecule has 2 heteroatoms. The molecule has 0 aromatic carbocycles. The molecular formula is C10H19NS. The fraction of sp³-hybridized carbons (Fsp3) is 1.00.